The Labute approximate surface area is 93.9 Å². The average Bonchev–Trinajstić information content (AvgIpc) is 1.87. The molecule has 0 saturated heterocycles. The van der Waals surface area contributed by atoms with Gasteiger partial charge in [0.1, 0.15) is 6.42 Å². The van der Waals surface area contributed by atoms with Crippen molar-refractivity contribution in [1.29, 1.82) is 0 Å². The Morgan fingerprint density at radius 2 is 1.33 bits per heavy atom. The molecular weight excluding hydrogens is 171 g/mol. The number of carbonyl (C=O) groups excluding carboxylic acids is 2. The minimum atomic E-state index is -0.536. The molecule has 0 amide bonds. The van der Waals surface area contributed by atoms with Crippen LogP contribution in [0, 0.1) is 0 Å². The molecule has 66 valence electrons. The fourth-order valence-electron chi connectivity index (χ4n) is 0.542. The number of ether oxygens (including phenoxy) is 2. The topological polar surface area (TPSA) is 52.6 Å². The van der Waals surface area contributed by atoms with Crippen LogP contribution in [-0.2, 0) is 19.1 Å². The molecule has 0 aliphatic carbocycles. The fraction of sp³-hybridized carbons (Fsp3) is 0.714. The summed E-state index contributed by atoms with van der Waals surface area (Å²) < 4.78 is 9.04. The Bertz CT molecular complexity index is 130. The molecule has 4 nitrogen and oxygen atoms in total. The average molecular weight is 184 g/mol. The van der Waals surface area contributed by atoms with E-state index in [1.54, 1.807) is 13.8 Å². The van der Waals surface area contributed by atoms with Crippen LogP contribution in [0.4, 0.5) is 0 Å². The van der Waals surface area contributed by atoms with E-state index in [0.717, 1.165) is 0 Å². The first-order valence-electron chi connectivity index (χ1n) is 3.52. The second kappa shape index (κ2) is 9.03. The maximum atomic E-state index is 10.6. The molecule has 0 unspecified atom stereocenters. The van der Waals surface area contributed by atoms with Gasteiger partial charge >= 0.3 is 41.5 Å². The van der Waals surface area contributed by atoms with Crippen LogP contribution in [0.25, 0.3) is 0 Å². The summed E-state index contributed by atoms with van der Waals surface area (Å²) in [5, 5.41) is 0. The van der Waals surface area contributed by atoms with Crippen LogP contribution in [0.15, 0.2) is 0 Å². The molecule has 0 N–H and O–H groups in total. The monoisotopic (exact) mass is 184 g/mol. The third kappa shape index (κ3) is 8.04. The van der Waals surface area contributed by atoms with Crippen molar-refractivity contribution in [3.05, 3.63) is 0 Å². The van der Waals surface area contributed by atoms with Crippen LogP contribution in [0.2, 0.25) is 0 Å². The van der Waals surface area contributed by atoms with Gasteiger partial charge in [-0.2, -0.15) is 0 Å². The zero-order chi connectivity index (χ0) is 8.69. The molecule has 0 aromatic rings. The van der Waals surface area contributed by atoms with Gasteiger partial charge in [-0.15, -0.1) is 0 Å². The summed E-state index contributed by atoms with van der Waals surface area (Å²) in [7, 11) is 0. The van der Waals surface area contributed by atoms with Gasteiger partial charge in [-0.3, -0.25) is 9.59 Å². The summed E-state index contributed by atoms with van der Waals surface area (Å²) in [6.45, 7) is 3.95. The molecule has 0 radical (unpaired) electrons. The van der Waals surface area contributed by atoms with Crippen LogP contribution in [0.3, 0.4) is 0 Å². The van der Waals surface area contributed by atoms with Crippen LogP contribution in [-0.4, -0.2) is 54.7 Å². The Balaban J connectivity index is 0. The van der Waals surface area contributed by atoms with Crippen molar-refractivity contribution in [2.75, 3.05) is 13.2 Å². The van der Waals surface area contributed by atoms with E-state index in [1.807, 2.05) is 0 Å². The van der Waals surface area contributed by atoms with Crippen LogP contribution in [0.5, 0.6) is 0 Å². The van der Waals surface area contributed by atoms with Crippen molar-refractivity contribution >= 4 is 41.5 Å². The summed E-state index contributed by atoms with van der Waals surface area (Å²) in [6, 6.07) is 0. The molecule has 0 aromatic carbocycles. The van der Waals surface area contributed by atoms with Crippen LogP contribution >= 0.6 is 0 Å². The van der Waals surface area contributed by atoms with Gasteiger partial charge < -0.3 is 9.47 Å². The van der Waals surface area contributed by atoms with E-state index in [9.17, 15) is 9.59 Å². The summed E-state index contributed by atoms with van der Waals surface area (Å²) in [5.74, 6) is -1.07. The standard InChI is InChI=1S/C7H12O4.Na.H/c1-3-10-6(8)5-7(9)11-4-2;;/h3-5H2,1-2H3;;. The molecule has 0 atom stereocenters. The molecule has 0 rings (SSSR count). The molecule has 12 heavy (non-hydrogen) atoms. The first-order chi connectivity index (χ1) is 5.20. The Hall–Kier alpha value is -0.0600. The quantitative estimate of drug-likeness (QED) is 0.346. The summed E-state index contributed by atoms with van der Waals surface area (Å²) in [6.07, 6.45) is -0.290. The van der Waals surface area contributed by atoms with Crippen molar-refractivity contribution < 1.29 is 19.1 Å². The normalized spacial score (nSPS) is 8.17. The first kappa shape index (κ1) is 14.5. The first-order valence-corrected chi connectivity index (χ1v) is 3.52. The number of hydrogen-bond acceptors (Lipinski definition) is 4. The Morgan fingerprint density at radius 3 is 1.58 bits per heavy atom. The molecular formula is C7H13NaO4. The van der Waals surface area contributed by atoms with E-state index >= 15 is 0 Å². The Kier molecular flexibility index (Phi) is 10.9. The van der Waals surface area contributed by atoms with Gasteiger partial charge in [0.15, 0.2) is 0 Å². The van der Waals surface area contributed by atoms with E-state index in [2.05, 4.69) is 9.47 Å². The molecule has 0 saturated carbocycles. The summed E-state index contributed by atoms with van der Waals surface area (Å²) >= 11 is 0. The second-order valence-electron chi connectivity index (χ2n) is 1.79. The van der Waals surface area contributed by atoms with Crippen molar-refractivity contribution in [3.8, 4) is 0 Å². The van der Waals surface area contributed by atoms with Crippen molar-refractivity contribution in [1.82, 2.24) is 0 Å². The van der Waals surface area contributed by atoms with Crippen LogP contribution < -0.4 is 0 Å². The third-order valence-corrected chi connectivity index (χ3v) is 0.899. The van der Waals surface area contributed by atoms with E-state index < -0.39 is 11.9 Å². The maximum absolute atomic E-state index is 10.6. The van der Waals surface area contributed by atoms with Crippen molar-refractivity contribution in [2.45, 2.75) is 20.3 Å². The Morgan fingerprint density at radius 1 is 1.00 bits per heavy atom. The molecule has 0 aliphatic rings. The zero-order valence-electron chi connectivity index (χ0n) is 6.75. The zero-order valence-corrected chi connectivity index (χ0v) is 6.75. The van der Waals surface area contributed by atoms with Gasteiger partial charge in [-0.05, 0) is 13.8 Å². The van der Waals surface area contributed by atoms with Gasteiger partial charge in [0.2, 0.25) is 0 Å². The molecule has 5 heteroatoms. The molecule has 0 spiro atoms. The summed E-state index contributed by atoms with van der Waals surface area (Å²) in [4.78, 5) is 21.2. The number of esters is 2. The van der Waals surface area contributed by atoms with E-state index in [4.69, 9.17) is 0 Å². The summed E-state index contributed by atoms with van der Waals surface area (Å²) in [5.41, 5.74) is 0. The van der Waals surface area contributed by atoms with E-state index in [-0.39, 0.29) is 49.2 Å². The van der Waals surface area contributed by atoms with Crippen molar-refractivity contribution in [2.24, 2.45) is 0 Å². The van der Waals surface area contributed by atoms with E-state index in [0.29, 0.717) is 0 Å². The SMILES string of the molecule is CCOC(=O)CC(=O)OCC.[NaH]. The number of carbonyl (C=O) groups is 2. The van der Waals surface area contributed by atoms with Gasteiger partial charge in [-0.25, -0.2) is 0 Å². The minimum absolute atomic E-state index is 0. The van der Waals surface area contributed by atoms with Crippen LogP contribution in [0.1, 0.15) is 20.3 Å². The third-order valence-electron chi connectivity index (χ3n) is 0.899. The van der Waals surface area contributed by atoms with Crippen molar-refractivity contribution in [3.63, 3.8) is 0 Å². The second-order valence-corrected chi connectivity index (χ2v) is 1.79. The van der Waals surface area contributed by atoms with Gasteiger partial charge in [0.05, 0.1) is 13.2 Å². The molecule has 0 fully saturated rings. The molecule has 0 heterocycles. The molecule has 0 aromatic heterocycles. The molecule has 0 bridgehead atoms. The van der Waals surface area contributed by atoms with Gasteiger partial charge in [0.25, 0.3) is 0 Å². The predicted molar refractivity (Wildman–Crippen MR) is 45.0 cm³/mol. The fourth-order valence-corrected chi connectivity index (χ4v) is 0.542. The molecule has 0 aliphatic heterocycles. The number of rotatable bonds is 4. The van der Waals surface area contributed by atoms with E-state index in [1.165, 1.54) is 0 Å². The number of hydrogen-bond donors (Lipinski definition) is 0. The van der Waals surface area contributed by atoms with Gasteiger partial charge in [-0.1, -0.05) is 0 Å². The predicted octanol–water partition coefficient (Wildman–Crippen LogP) is -0.146. The van der Waals surface area contributed by atoms with Gasteiger partial charge in [0, 0.05) is 0 Å².